The smallest absolute Gasteiger partial charge is 0.326 e. The lowest BCUT2D eigenvalue weighted by Gasteiger charge is -2.30. The Morgan fingerprint density at radius 3 is 2.69 bits per heavy atom. The Morgan fingerprint density at radius 2 is 2.25 bits per heavy atom. The molecule has 0 aliphatic carbocycles. The number of carbonyl (C=O) groups is 1. The van der Waals surface area contributed by atoms with E-state index in [2.05, 4.69) is 15.3 Å². The van der Waals surface area contributed by atoms with Crippen LogP contribution in [-0.2, 0) is 9.53 Å². The summed E-state index contributed by atoms with van der Waals surface area (Å²) in [5, 5.41) is 6.55. The highest BCUT2D eigenvalue weighted by atomic mass is 16.5. The van der Waals surface area contributed by atoms with Gasteiger partial charge in [0.05, 0.1) is 7.11 Å². The molecule has 0 saturated carbocycles. The van der Waals surface area contributed by atoms with Crippen LogP contribution in [0.2, 0.25) is 0 Å². The fourth-order valence-electron chi connectivity index (χ4n) is 1.72. The molecule has 0 fully saturated rings. The number of azide groups is 1. The average molecular weight is 228 g/mol. The molecule has 1 unspecified atom stereocenters. The summed E-state index contributed by atoms with van der Waals surface area (Å²) >= 11 is 0. The monoisotopic (exact) mass is 228 g/mol. The standard InChI is InChI=1S/C10H20N4O2/c1-4-6-10(5-2,9(15)16-3)12-7-8-13-14-11/h12H,4-8H2,1-3H3. The Kier molecular flexibility index (Phi) is 7.33. The Hall–Kier alpha value is -1.26. The highest BCUT2D eigenvalue weighted by Crippen LogP contribution is 2.19. The lowest BCUT2D eigenvalue weighted by Crippen LogP contribution is -2.53. The summed E-state index contributed by atoms with van der Waals surface area (Å²) in [6.07, 6.45) is 2.26. The third-order valence-electron chi connectivity index (χ3n) is 2.59. The van der Waals surface area contributed by atoms with Gasteiger partial charge in [-0.2, -0.15) is 0 Å². The van der Waals surface area contributed by atoms with Crippen LogP contribution in [0.15, 0.2) is 5.11 Å². The summed E-state index contributed by atoms with van der Waals surface area (Å²) in [5.74, 6) is -0.252. The zero-order valence-electron chi connectivity index (χ0n) is 10.2. The first kappa shape index (κ1) is 14.7. The van der Waals surface area contributed by atoms with Gasteiger partial charge < -0.3 is 10.1 Å². The van der Waals surface area contributed by atoms with Crippen molar-refractivity contribution in [3.63, 3.8) is 0 Å². The van der Waals surface area contributed by atoms with Crippen LogP contribution in [0.1, 0.15) is 33.1 Å². The summed E-state index contributed by atoms with van der Waals surface area (Å²) in [6.45, 7) is 4.77. The number of esters is 1. The van der Waals surface area contributed by atoms with E-state index in [9.17, 15) is 4.79 Å². The van der Waals surface area contributed by atoms with Gasteiger partial charge in [-0.15, -0.1) is 0 Å². The quantitative estimate of drug-likeness (QED) is 0.226. The molecule has 6 nitrogen and oxygen atoms in total. The SMILES string of the molecule is CCCC(CC)(NCCN=[N+]=[N-])C(=O)OC. The number of rotatable bonds is 8. The van der Waals surface area contributed by atoms with E-state index in [1.165, 1.54) is 7.11 Å². The number of ether oxygens (including phenoxy) is 1. The maximum absolute atomic E-state index is 11.7. The van der Waals surface area contributed by atoms with Crippen molar-refractivity contribution in [2.45, 2.75) is 38.6 Å². The lowest BCUT2D eigenvalue weighted by molar-refractivity contribution is -0.149. The van der Waals surface area contributed by atoms with Crippen LogP contribution >= 0.6 is 0 Å². The van der Waals surface area contributed by atoms with Gasteiger partial charge in [0.15, 0.2) is 0 Å². The molecule has 0 bridgehead atoms. The van der Waals surface area contributed by atoms with Gasteiger partial charge in [-0.3, -0.25) is 4.79 Å². The van der Waals surface area contributed by atoms with Crippen LogP contribution in [0.3, 0.4) is 0 Å². The molecule has 0 aliphatic rings. The second-order valence-electron chi connectivity index (χ2n) is 3.56. The van der Waals surface area contributed by atoms with Gasteiger partial charge in [0.25, 0.3) is 0 Å². The number of carbonyl (C=O) groups excluding carboxylic acids is 1. The highest BCUT2D eigenvalue weighted by molar-refractivity contribution is 5.80. The summed E-state index contributed by atoms with van der Waals surface area (Å²) in [7, 11) is 1.39. The van der Waals surface area contributed by atoms with Gasteiger partial charge >= 0.3 is 5.97 Å². The third-order valence-corrected chi connectivity index (χ3v) is 2.59. The van der Waals surface area contributed by atoms with Crippen LogP contribution in [0.5, 0.6) is 0 Å². The average Bonchev–Trinajstić information content (AvgIpc) is 2.32. The van der Waals surface area contributed by atoms with Gasteiger partial charge in [0.2, 0.25) is 0 Å². The van der Waals surface area contributed by atoms with Gasteiger partial charge in [0, 0.05) is 18.0 Å². The van der Waals surface area contributed by atoms with E-state index in [0.717, 1.165) is 6.42 Å². The Bertz CT molecular complexity index is 264. The van der Waals surface area contributed by atoms with E-state index in [0.29, 0.717) is 25.9 Å². The van der Waals surface area contributed by atoms with Crippen molar-refractivity contribution in [1.29, 1.82) is 0 Å². The molecular weight excluding hydrogens is 208 g/mol. The molecule has 0 amide bonds. The predicted molar refractivity (Wildman–Crippen MR) is 62.0 cm³/mol. The molecule has 0 spiro atoms. The minimum absolute atomic E-state index is 0.252. The van der Waals surface area contributed by atoms with Gasteiger partial charge in [-0.1, -0.05) is 25.4 Å². The Morgan fingerprint density at radius 1 is 1.56 bits per heavy atom. The van der Waals surface area contributed by atoms with Crippen LogP contribution in [-0.4, -0.2) is 31.7 Å². The normalized spacial score (nSPS) is 13.7. The Balaban J connectivity index is 4.49. The summed E-state index contributed by atoms with van der Waals surface area (Å²) in [6, 6.07) is 0. The largest absolute Gasteiger partial charge is 0.468 e. The van der Waals surface area contributed by atoms with E-state index in [1.54, 1.807) is 0 Å². The van der Waals surface area contributed by atoms with Crippen LogP contribution in [0.4, 0.5) is 0 Å². The molecule has 6 heteroatoms. The van der Waals surface area contributed by atoms with Crippen LogP contribution in [0, 0.1) is 0 Å². The van der Waals surface area contributed by atoms with Crippen molar-refractivity contribution < 1.29 is 9.53 Å². The van der Waals surface area contributed by atoms with Crippen LogP contribution in [0.25, 0.3) is 10.4 Å². The molecule has 0 rings (SSSR count). The van der Waals surface area contributed by atoms with E-state index in [-0.39, 0.29) is 5.97 Å². The van der Waals surface area contributed by atoms with Crippen molar-refractivity contribution >= 4 is 5.97 Å². The Labute approximate surface area is 96.0 Å². The number of nitrogens with one attached hydrogen (secondary N) is 1. The fourth-order valence-corrected chi connectivity index (χ4v) is 1.72. The molecule has 0 aliphatic heterocycles. The second-order valence-corrected chi connectivity index (χ2v) is 3.56. The topological polar surface area (TPSA) is 87.1 Å². The summed E-state index contributed by atoms with van der Waals surface area (Å²) in [4.78, 5) is 14.4. The first-order chi connectivity index (χ1) is 7.66. The van der Waals surface area contributed by atoms with Gasteiger partial charge in [-0.25, -0.2) is 0 Å². The molecular formula is C10H20N4O2. The van der Waals surface area contributed by atoms with Gasteiger partial charge in [0.1, 0.15) is 5.54 Å². The van der Waals surface area contributed by atoms with Crippen molar-refractivity contribution in [3.8, 4) is 0 Å². The maximum atomic E-state index is 11.7. The molecule has 0 radical (unpaired) electrons. The fraction of sp³-hybridized carbons (Fsp3) is 0.900. The molecule has 16 heavy (non-hydrogen) atoms. The third kappa shape index (κ3) is 4.08. The molecule has 0 aromatic rings. The highest BCUT2D eigenvalue weighted by Gasteiger charge is 2.35. The second kappa shape index (κ2) is 7.96. The van der Waals surface area contributed by atoms with Crippen molar-refractivity contribution in [2.75, 3.05) is 20.2 Å². The lowest BCUT2D eigenvalue weighted by atomic mass is 9.90. The number of methoxy groups -OCH3 is 1. The van der Waals surface area contributed by atoms with Crippen molar-refractivity contribution in [3.05, 3.63) is 10.4 Å². The zero-order valence-corrected chi connectivity index (χ0v) is 10.2. The molecule has 0 heterocycles. The molecule has 0 aromatic heterocycles. The van der Waals surface area contributed by atoms with Gasteiger partial charge in [-0.05, 0) is 18.4 Å². The molecule has 92 valence electrons. The molecule has 0 saturated heterocycles. The van der Waals surface area contributed by atoms with E-state index in [1.807, 2.05) is 13.8 Å². The number of hydrogen-bond donors (Lipinski definition) is 1. The first-order valence-electron chi connectivity index (χ1n) is 5.51. The summed E-state index contributed by atoms with van der Waals surface area (Å²) < 4.78 is 4.81. The van der Waals surface area contributed by atoms with Crippen molar-refractivity contribution in [1.82, 2.24) is 5.32 Å². The maximum Gasteiger partial charge on any atom is 0.326 e. The summed E-state index contributed by atoms with van der Waals surface area (Å²) in [5.41, 5.74) is 7.51. The molecule has 1 atom stereocenters. The van der Waals surface area contributed by atoms with Crippen LogP contribution < -0.4 is 5.32 Å². The zero-order chi connectivity index (χ0) is 12.4. The minimum atomic E-state index is -0.644. The van der Waals surface area contributed by atoms with Crippen molar-refractivity contribution in [2.24, 2.45) is 5.11 Å². The first-order valence-corrected chi connectivity index (χ1v) is 5.51. The molecule has 0 aromatic carbocycles. The van der Waals surface area contributed by atoms with E-state index >= 15 is 0 Å². The minimum Gasteiger partial charge on any atom is -0.468 e. The number of nitrogens with zero attached hydrogens (tertiary/aromatic N) is 3. The predicted octanol–water partition coefficient (Wildman–Crippen LogP) is 2.01. The molecule has 1 N–H and O–H groups in total. The van der Waals surface area contributed by atoms with E-state index < -0.39 is 5.54 Å². The number of hydrogen-bond acceptors (Lipinski definition) is 4. The van der Waals surface area contributed by atoms with E-state index in [4.69, 9.17) is 10.3 Å².